The fourth-order valence-corrected chi connectivity index (χ4v) is 5.82. The zero-order valence-corrected chi connectivity index (χ0v) is 21.6. The summed E-state index contributed by atoms with van der Waals surface area (Å²) in [6.45, 7) is 1.32. The van der Waals surface area contributed by atoms with E-state index in [-0.39, 0.29) is 65.2 Å². The molecule has 41 heavy (non-hydrogen) atoms. The minimum Gasteiger partial charge on any atom is -0.482 e. The van der Waals surface area contributed by atoms with Gasteiger partial charge in [0, 0.05) is 37.6 Å². The summed E-state index contributed by atoms with van der Waals surface area (Å²) >= 11 is 0. The van der Waals surface area contributed by atoms with Crippen LogP contribution >= 0.6 is 0 Å². The molecule has 5 heterocycles. The molecule has 2 fully saturated rings. The van der Waals surface area contributed by atoms with E-state index < -0.39 is 11.9 Å². The van der Waals surface area contributed by atoms with Crippen LogP contribution in [0.5, 0.6) is 5.75 Å². The maximum Gasteiger partial charge on any atom is 0.339 e. The molecule has 0 radical (unpaired) electrons. The predicted molar refractivity (Wildman–Crippen MR) is 146 cm³/mol. The van der Waals surface area contributed by atoms with E-state index in [1.807, 2.05) is 4.90 Å². The standard InChI is InChI=1S/C28H24FN7O5/c29-15-2-4-16(5-3-15)35-11-18-8-17(35)12-36(18)28-33-23-19(27(39)40)10-30-24(23)25(34-28)26(38)31-9-14-1-6-21-20(7-14)32-22(37)13-41-21/h1-7,10,17-18,30H,8-9,11-13H2,(H,31,38)(H,32,37)(H,39,40)/t17-,18-/m0/s1. The molecule has 0 unspecified atom stereocenters. The highest BCUT2D eigenvalue weighted by Crippen LogP contribution is 2.37. The fraction of sp³-hybridized carbons (Fsp3) is 0.250. The van der Waals surface area contributed by atoms with Gasteiger partial charge < -0.3 is 35.3 Å². The minimum atomic E-state index is -1.17. The lowest BCUT2D eigenvalue weighted by molar-refractivity contribution is -0.118. The quantitative estimate of drug-likeness (QED) is 0.280. The smallest absolute Gasteiger partial charge is 0.339 e. The number of hydrogen-bond donors (Lipinski definition) is 4. The van der Waals surface area contributed by atoms with Gasteiger partial charge in [-0.1, -0.05) is 6.07 Å². The van der Waals surface area contributed by atoms with Crippen LogP contribution in [-0.2, 0) is 11.3 Å². The molecule has 13 heteroatoms. The van der Waals surface area contributed by atoms with Crippen LogP contribution in [0, 0.1) is 5.82 Å². The first-order chi connectivity index (χ1) is 19.8. The van der Waals surface area contributed by atoms with Crippen molar-refractivity contribution in [3.05, 3.63) is 71.3 Å². The van der Waals surface area contributed by atoms with Crippen LogP contribution in [0.2, 0.25) is 0 Å². The van der Waals surface area contributed by atoms with E-state index >= 15 is 0 Å². The van der Waals surface area contributed by atoms with Gasteiger partial charge in [-0.3, -0.25) is 9.59 Å². The number of carboxylic acid groups (broad SMARTS) is 1. The molecule has 2 bridgehead atoms. The Kier molecular flexibility index (Phi) is 5.73. The number of nitrogens with one attached hydrogen (secondary N) is 3. The summed E-state index contributed by atoms with van der Waals surface area (Å²) in [4.78, 5) is 53.3. The molecule has 0 saturated carbocycles. The number of H-pyrrole nitrogens is 1. The Hall–Kier alpha value is -5.20. The Morgan fingerprint density at radius 1 is 1.10 bits per heavy atom. The Labute approximate surface area is 232 Å². The molecular weight excluding hydrogens is 533 g/mol. The van der Waals surface area contributed by atoms with E-state index in [1.165, 1.54) is 18.3 Å². The summed E-state index contributed by atoms with van der Waals surface area (Å²) in [7, 11) is 0. The lowest BCUT2D eigenvalue weighted by atomic mass is 10.1. The molecule has 2 aromatic heterocycles. The molecular formula is C28H24FN7O5. The van der Waals surface area contributed by atoms with Gasteiger partial charge in [0.1, 0.15) is 22.6 Å². The lowest BCUT2D eigenvalue weighted by Gasteiger charge is -2.35. The molecule has 2 atom stereocenters. The van der Waals surface area contributed by atoms with Crippen molar-refractivity contribution in [1.82, 2.24) is 20.3 Å². The number of aromatic carboxylic acids is 1. The number of nitrogens with zero attached hydrogens (tertiary/aromatic N) is 4. The van der Waals surface area contributed by atoms with Crippen molar-refractivity contribution in [2.45, 2.75) is 25.0 Å². The van der Waals surface area contributed by atoms with E-state index in [9.17, 15) is 23.9 Å². The van der Waals surface area contributed by atoms with Crippen LogP contribution in [0.3, 0.4) is 0 Å². The highest BCUT2D eigenvalue weighted by Gasteiger charge is 2.44. The Morgan fingerprint density at radius 3 is 2.63 bits per heavy atom. The van der Waals surface area contributed by atoms with Gasteiger partial charge in [0.15, 0.2) is 12.3 Å². The number of piperazine rings is 1. The van der Waals surface area contributed by atoms with Crippen molar-refractivity contribution < 1.29 is 28.6 Å². The molecule has 2 aromatic carbocycles. The Bertz CT molecular complexity index is 1720. The molecule has 4 N–H and O–H groups in total. The van der Waals surface area contributed by atoms with Crippen LogP contribution in [0.4, 0.5) is 21.7 Å². The van der Waals surface area contributed by atoms with Crippen LogP contribution in [0.15, 0.2) is 48.7 Å². The third-order valence-electron chi connectivity index (χ3n) is 7.74. The van der Waals surface area contributed by atoms with Gasteiger partial charge in [-0.25, -0.2) is 19.2 Å². The molecule has 0 aliphatic carbocycles. The van der Waals surface area contributed by atoms with Gasteiger partial charge in [0.2, 0.25) is 5.95 Å². The second kappa shape index (κ2) is 9.47. The van der Waals surface area contributed by atoms with Gasteiger partial charge >= 0.3 is 5.97 Å². The summed E-state index contributed by atoms with van der Waals surface area (Å²) in [5.41, 5.74) is 2.54. The van der Waals surface area contributed by atoms with E-state index in [1.54, 1.807) is 30.3 Å². The number of carboxylic acids is 1. The lowest BCUT2D eigenvalue weighted by Crippen LogP contribution is -2.47. The third kappa shape index (κ3) is 4.35. The molecule has 7 rings (SSSR count). The fourth-order valence-electron chi connectivity index (χ4n) is 5.82. The van der Waals surface area contributed by atoms with Gasteiger partial charge in [-0.05, 0) is 48.4 Å². The van der Waals surface area contributed by atoms with Crippen molar-refractivity contribution in [1.29, 1.82) is 0 Å². The van der Waals surface area contributed by atoms with Crippen molar-refractivity contribution in [2.75, 3.05) is 34.8 Å². The SMILES string of the molecule is O=C1COc2ccc(CNC(=O)c3nc(N4C[C@@H]5C[C@H]4CN5c4ccc(F)cc4)nc4c(C(=O)O)c[nH]c34)cc2N1. The first kappa shape index (κ1) is 24.8. The number of aromatic nitrogens is 3. The molecule has 2 saturated heterocycles. The first-order valence-electron chi connectivity index (χ1n) is 13.1. The van der Waals surface area contributed by atoms with Crippen molar-refractivity contribution >= 4 is 46.1 Å². The summed E-state index contributed by atoms with van der Waals surface area (Å²) in [5.74, 6) is -1.40. The molecule has 2 amide bonds. The summed E-state index contributed by atoms with van der Waals surface area (Å²) in [5, 5.41) is 15.3. The number of carbonyl (C=O) groups is 3. The number of carbonyl (C=O) groups excluding carboxylic acids is 2. The van der Waals surface area contributed by atoms with Gasteiger partial charge in [0.25, 0.3) is 11.8 Å². The molecule has 3 aliphatic rings. The van der Waals surface area contributed by atoms with Crippen LogP contribution in [0.25, 0.3) is 11.0 Å². The summed E-state index contributed by atoms with van der Waals surface area (Å²) < 4.78 is 18.8. The number of ether oxygens (including phenoxy) is 1. The number of aromatic amines is 1. The number of halogens is 1. The average Bonchev–Trinajstić information content (AvgIpc) is 3.70. The maximum atomic E-state index is 13.4. The molecule has 3 aliphatic heterocycles. The van der Waals surface area contributed by atoms with Crippen molar-refractivity contribution in [2.24, 2.45) is 0 Å². The number of anilines is 3. The summed E-state index contributed by atoms with van der Waals surface area (Å²) in [6, 6.07) is 11.8. The highest BCUT2D eigenvalue weighted by atomic mass is 19.1. The topological polar surface area (TPSA) is 153 Å². The highest BCUT2D eigenvalue weighted by molar-refractivity contribution is 6.09. The monoisotopic (exact) mass is 557 g/mol. The predicted octanol–water partition coefficient (Wildman–Crippen LogP) is 2.52. The Balaban J connectivity index is 1.15. The van der Waals surface area contributed by atoms with E-state index in [0.29, 0.717) is 24.5 Å². The molecule has 4 aromatic rings. The van der Waals surface area contributed by atoms with Gasteiger partial charge in [0.05, 0.1) is 17.2 Å². The van der Waals surface area contributed by atoms with E-state index in [0.717, 1.165) is 17.7 Å². The molecule has 12 nitrogen and oxygen atoms in total. The summed E-state index contributed by atoms with van der Waals surface area (Å²) in [6.07, 6.45) is 2.14. The van der Waals surface area contributed by atoms with Crippen LogP contribution in [0.1, 0.15) is 32.8 Å². The number of amides is 2. The number of hydrogen-bond acceptors (Lipinski definition) is 8. The second-order valence-electron chi connectivity index (χ2n) is 10.3. The zero-order chi connectivity index (χ0) is 28.2. The normalized spacial score (nSPS) is 19.2. The first-order valence-corrected chi connectivity index (χ1v) is 13.1. The van der Waals surface area contributed by atoms with Crippen molar-refractivity contribution in [3.63, 3.8) is 0 Å². The second-order valence-corrected chi connectivity index (χ2v) is 10.3. The molecule has 208 valence electrons. The third-order valence-corrected chi connectivity index (χ3v) is 7.74. The zero-order valence-electron chi connectivity index (χ0n) is 21.6. The van der Waals surface area contributed by atoms with Crippen molar-refractivity contribution in [3.8, 4) is 5.75 Å². The molecule has 0 spiro atoms. The largest absolute Gasteiger partial charge is 0.482 e. The average molecular weight is 558 g/mol. The van der Waals surface area contributed by atoms with Gasteiger partial charge in [-0.15, -0.1) is 0 Å². The maximum absolute atomic E-state index is 13.4. The number of fused-ring (bicyclic) bond motifs is 4. The van der Waals surface area contributed by atoms with Gasteiger partial charge in [-0.2, -0.15) is 0 Å². The minimum absolute atomic E-state index is 0.0326. The van der Waals surface area contributed by atoms with E-state index in [4.69, 9.17) is 4.74 Å². The number of rotatable bonds is 6. The van der Waals surface area contributed by atoms with E-state index in [2.05, 4.69) is 30.5 Å². The van der Waals surface area contributed by atoms with Crippen LogP contribution in [-0.4, -0.2) is 69.6 Å². The Morgan fingerprint density at radius 2 is 1.88 bits per heavy atom. The number of benzene rings is 2. The van der Waals surface area contributed by atoms with Crippen LogP contribution < -0.4 is 25.2 Å².